The van der Waals surface area contributed by atoms with E-state index in [4.69, 9.17) is 16.3 Å². The highest BCUT2D eigenvalue weighted by molar-refractivity contribution is 6.30. The van der Waals surface area contributed by atoms with Crippen molar-refractivity contribution in [2.45, 2.75) is 45.8 Å². The molecule has 0 aliphatic rings. The Morgan fingerprint density at radius 1 is 1.12 bits per heavy atom. The molecule has 0 amide bonds. The van der Waals surface area contributed by atoms with Crippen LogP contribution < -0.4 is 0 Å². The average Bonchev–Trinajstić information content (AvgIpc) is 2.53. The summed E-state index contributed by atoms with van der Waals surface area (Å²) in [6, 6.07) is 14.8. The number of carbonyl (C=O) groups excluding carboxylic acids is 1. The molecule has 0 unspecified atom stereocenters. The summed E-state index contributed by atoms with van der Waals surface area (Å²) in [6.45, 7) is 7.61. The number of nitrogens with zero attached hydrogens (tertiary/aromatic N) is 1. The molecular weight excluding hydrogens is 334 g/mol. The Hall–Kier alpha value is -2.13. The van der Waals surface area contributed by atoms with Gasteiger partial charge in [-0.2, -0.15) is 0 Å². The number of ether oxygens (including phenoxy) is 1. The van der Waals surface area contributed by atoms with E-state index in [-0.39, 0.29) is 5.97 Å². The van der Waals surface area contributed by atoms with Gasteiger partial charge in [0, 0.05) is 17.7 Å². The molecule has 132 valence electrons. The zero-order valence-electron chi connectivity index (χ0n) is 15.1. The molecule has 25 heavy (non-hydrogen) atoms. The minimum absolute atomic E-state index is 0.321. The van der Waals surface area contributed by atoms with Crippen molar-refractivity contribution >= 4 is 23.8 Å². The molecule has 0 aliphatic carbocycles. The Kier molecular flexibility index (Phi) is 6.38. The largest absolute Gasteiger partial charge is 0.458 e. The Labute approximate surface area is 154 Å². The highest BCUT2D eigenvalue weighted by Gasteiger charge is 2.24. The summed E-state index contributed by atoms with van der Waals surface area (Å²) in [5.41, 5.74) is 2.58. The molecule has 0 bridgehead atoms. The second-order valence-corrected chi connectivity index (χ2v) is 7.51. The summed E-state index contributed by atoms with van der Waals surface area (Å²) in [7, 11) is 0. The molecule has 2 aromatic carbocycles. The number of carbonyl (C=O) groups is 1. The summed E-state index contributed by atoms with van der Waals surface area (Å²) in [4.78, 5) is 17.0. The van der Waals surface area contributed by atoms with Crippen molar-refractivity contribution in [3.05, 3.63) is 70.2 Å². The Morgan fingerprint density at radius 3 is 2.28 bits per heavy atom. The molecule has 0 spiro atoms. The first-order chi connectivity index (χ1) is 11.7. The molecule has 0 aromatic heterocycles. The van der Waals surface area contributed by atoms with E-state index >= 15 is 0 Å². The van der Waals surface area contributed by atoms with Crippen LogP contribution in [0, 0.1) is 6.92 Å². The smallest absolute Gasteiger partial charge is 0.331 e. The highest BCUT2D eigenvalue weighted by Crippen LogP contribution is 2.15. The van der Waals surface area contributed by atoms with Crippen molar-refractivity contribution in [2.75, 3.05) is 0 Å². The Bertz CT molecular complexity index is 728. The molecule has 2 rings (SSSR count). The molecule has 0 saturated heterocycles. The molecule has 4 heteroatoms. The summed E-state index contributed by atoms with van der Waals surface area (Å²) in [5.74, 6) is -0.321. The van der Waals surface area contributed by atoms with Gasteiger partial charge in [0.15, 0.2) is 6.04 Å². The molecule has 0 fully saturated rings. The third-order valence-corrected chi connectivity index (χ3v) is 3.75. The molecule has 2 aromatic rings. The zero-order chi connectivity index (χ0) is 18.4. The lowest BCUT2D eigenvalue weighted by Crippen LogP contribution is -2.32. The SMILES string of the molecule is Cc1ccc(C[C@H](N=Cc2ccc(Cl)cc2)C(=O)OC(C)(C)C)cc1. The minimum Gasteiger partial charge on any atom is -0.458 e. The van der Waals surface area contributed by atoms with Crippen LogP contribution in [0.5, 0.6) is 0 Å². The van der Waals surface area contributed by atoms with Crippen molar-refractivity contribution in [3.8, 4) is 0 Å². The van der Waals surface area contributed by atoms with Crippen LogP contribution in [0.2, 0.25) is 5.02 Å². The van der Waals surface area contributed by atoms with Crippen LogP contribution in [-0.4, -0.2) is 23.8 Å². The van der Waals surface area contributed by atoms with Gasteiger partial charge in [-0.25, -0.2) is 4.79 Å². The van der Waals surface area contributed by atoms with Gasteiger partial charge in [0.05, 0.1) is 0 Å². The third kappa shape index (κ3) is 6.71. The second-order valence-electron chi connectivity index (χ2n) is 7.07. The van der Waals surface area contributed by atoms with Gasteiger partial charge in [-0.3, -0.25) is 4.99 Å². The fraction of sp³-hybridized carbons (Fsp3) is 0.333. The third-order valence-electron chi connectivity index (χ3n) is 3.50. The Balaban J connectivity index is 2.19. The first-order valence-corrected chi connectivity index (χ1v) is 8.68. The van der Waals surface area contributed by atoms with Gasteiger partial charge < -0.3 is 4.74 Å². The van der Waals surface area contributed by atoms with Gasteiger partial charge in [0.2, 0.25) is 0 Å². The number of rotatable bonds is 5. The maximum atomic E-state index is 12.5. The molecule has 0 aliphatic heterocycles. The molecule has 0 heterocycles. The predicted octanol–water partition coefficient (Wildman–Crippen LogP) is 5.02. The van der Waals surface area contributed by atoms with E-state index in [2.05, 4.69) is 4.99 Å². The van der Waals surface area contributed by atoms with Gasteiger partial charge in [0.1, 0.15) is 5.60 Å². The van der Waals surface area contributed by atoms with Crippen molar-refractivity contribution in [1.29, 1.82) is 0 Å². The number of hydrogen-bond donors (Lipinski definition) is 0. The van der Waals surface area contributed by atoms with Gasteiger partial charge in [-0.05, 0) is 51.0 Å². The number of aliphatic imine (C=N–C) groups is 1. The number of esters is 1. The monoisotopic (exact) mass is 357 g/mol. The topological polar surface area (TPSA) is 38.7 Å². The van der Waals surface area contributed by atoms with Gasteiger partial charge in [-0.15, -0.1) is 0 Å². The number of hydrogen-bond acceptors (Lipinski definition) is 3. The maximum Gasteiger partial charge on any atom is 0.331 e. The zero-order valence-corrected chi connectivity index (χ0v) is 15.9. The van der Waals surface area contributed by atoms with E-state index in [0.29, 0.717) is 11.4 Å². The molecule has 0 saturated carbocycles. The summed E-state index contributed by atoms with van der Waals surface area (Å²) < 4.78 is 5.53. The molecule has 1 atom stereocenters. The Morgan fingerprint density at radius 2 is 1.72 bits per heavy atom. The number of benzene rings is 2. The quantitative estimate of drug-likeness (QED) is 0.556. The average molecular weight is 358 g/mol. The van der Waals surface area contributed by atoms with Crippen LogP contribution in [0.3, 0.4) is 0 Å². The van der Waals surface area contributed by atoms with Crippen LogP contribution in [0.1, 0.15) is 37.5 Å². The lowest BCUT2D eigenvalue weighted by atomic mass is 10.0. The van der Waals surface area contributed by atoms with Crippen molar-refractivity contribution in [2.24, 2.45) is 4.99 Å². The molecule has 3 nitrogen and oxygen atoms in total. The fourth-order valence-electron chi connectivity index (χ4n) is 2.24. The minimum atomic E-state index is -0.586. The van der Waals surface area contributed by atoms with Gasteiger partial charge >= 0.3 is 5.97 Å². The van der Waals surface area contributed by atoms with Crippen molar-refractivity contribution in [1.82, 2.24) is 0 Å². The van der Waals surface area contributed by atoms with E-state index < -0.39 is 11.6 Å². The molecule has 0 N–H and O–H groups in total. The lowest BCUT2D eigenvalue weighted by Gasteiger charge is -2.22. The van der Waals surface area contributed by atoms with E-state index in [1.807, 2.05) is 64.1 Å². The fourth-order valence-corrected chi connectivity index (χ4v) is 2.36. The van der Waals surface area contributed by atoms with Crippen LogP contribution in [-0.2, 0) is 16.0 Å². The van der Waals surface area contributed by atoms with Crippen LogP contribution in [0.4, 0.5) is 0 Å². The number of halogens is 1. The summed E-state index contributed by atoms with van der Waals surface area (Å²) in [6.07, 6.45) is 2.19. The van der Waals surface area contributed by atoms with Crippen LogP contribution >= 0.6 is 11.6 Å². The van der Waals surface area contributed by atoms with Gasteiger partial charge in [-0.1, -0.05) is 53.6 Å². The maximum absolute atomic E-state index is 12.5. The molecule has 0 radical (unpaired) electrons. The van der Waals surface area contributed by atoms with Crippen molar-refractivity contribution < 1.29 is 9.53 Å². The normalized spacial score (nSPS) is 13.0. The first kappa shape index (κ1) is 19.2. The van der Waals surface area contributed by atoms with E-state index in [9.17, 15) is 4.79 Å². The van der Waals surface area contributed by atoms with Gasteiger partial charge in [0.25, 0.3) is 0 Å². The summed E-state index contributed by atoms with van der Waals surface area (Å²) in [5, 5.41) is 0.667. The van der Waals surface area contributed by atoms with E-state index in [1.54, 1.807) is 18.3 Å². The second kappa shape index (κ2) is 8.30. The van der Waals surface area contributed by atoms with E-state index in [1.165, 1.54) is 5.56 Å². The lowest BCUT2D eigenvalue weighted by molar-refractivity contribution is -0.156. The van der Waals surface area contributed by atoms with Crippen LogP contribution in [0.25, 0.3) is 0 Å². The molecular formula is C21H24ClNO2. The van der Waals surface area contributed by atoms with Crippen LogP contribution in [0.15, 0.2) is 53.5 Å². The summed E-state index contributed by atoms with van der Waals surface area (Å²) >= 11 is 5.90. The first-order valence-electron chi connectivity index (χ1n) is 8.30. The van der Waals surface area contributed by atoms with Crippen molar-refractivity contribution in [3.63, 3.8) is 0 Å². The standard InChI is InChI=1S/C21H24ClNO2/c1-15-5-7-16(8-6-15)13-19(20(24)25-21(2,3)4)23-14-17-9-11-18(22)12-10-17/h5-12,14,19H,13H2,1-4H3/t19-/m0/s1. The predicted molar refractivity (Wildman–Crippen MR) is 104 cm³/mol. The van der Waals surface area contributed by atoms with E-state index in [0.717, 1.165) is 11.1 Å². The number of aryl methyl sites for hydroxylation is 1. The highest BCUT2D eigenvalue weighted by atomic mass is 35.5.